The van der Waals surface area contributed by atoms with Crippen molar-refractivity contribution in [3.05, 3.63) is 42.0 Å². The Balaban J connectivity index is 2.83. The first-order chi connectivity index (χ1) is 7.04. The van der Waals surface area contributed by atoms with Crippen LogP contribution in [0.15, 0.2) is 30.9 Å². The summed E-state index contributed by atoms with van der Waals surface area (Å²) >= 11 is 0. The number of hydrogen-bond donors (Lipinski definition) is 2. The van der Waals surface area contributed by atoms with Crippen LogP contribution >= 0.6 is 0 Å². The molecule has 0 bridgehead atoms. The summed E-state index contributed by atoms with van der Waals surface area (Å²) in [5.41, 5.74) is 7.90. The van der Waals surface area contributed by atoms with Crippen molar-refractivity contribution in [1.82, 2.24) is 5.32 Å². The molecule has 0 radical (unpaired) electrons. The smallest absolute Gasteiger partial charge is 0.251 e. The third-order valence-electron chi connectivity index (χ3n) is 2.24. The van der Waals surface area contributed by atoms with Crippen LogP contribution in [0.5, 0.6) is 0 Å². The summed E-state index contributed by atoms with van der Waals surface area (Å²) in [6.07, 6.45) is 1.68. The molecule has 1 rings (SSSR count). The summed E-state index contributed by atoms with van der Waals surface area (Å²) in [4.78, 5) is 11.7. The van der Waals surface area contributed by atoms with Crippen LogP contribution in [0.25, 0.3) is 0 Å². The van der Waals surface area contributed by atoms with Crippen molar-refractivity contribution in [3.8, 4) is 0 Å². The van der Waals surface area contributed by atoms with Crippen LogP contribution < -0.4 is 11.1 Å². The van der Waals surface area contributed by atoms with Crippen LogP contribution in [0.1, 0.15) is 22.8 Å². The topological polar surface area (TPSA) is 55.1 Å². The highest BCUT2D eigenvalue weighted by Crippen LogP contribution is 2.12. The minimum atomic E-state index is -0.106. The Morgan fingerprint density at radius 3 is 2.80 bits per heavy atom. The van der Waals surface area contributed by atoms with Gasteiger partial charge in [0.05, 0.1) is 0 Å². The van der Waals surface area contributed by atoms with Crippen LogP contribution in [-0.4, -0.2) is 11.9 Å². The van der Waals surface area contributed by atoms with Gasteiger partial charge in [-0.2, -0.15) is 0 Å². The first-order valence-corrected chi connectivity index (χ1v) is 4.84. The van der Waals surface area contributed by atoms with Crippen molar-refractivity contribution in [2.45, 2.75) is 19.9 Å². The minimum Gasteiger partial charge on any atom is -0.399 e. The maximum absolute atomic E-state index is 11.7. The molecule has 0 fully saturated rings. The largest absolute Gasteiger partial charge is 0.399 e. The average Bonchev–Trinajstić information content (AvgIpc) is 2.21. The molecule has 1 amide bonds. The molecule has 0 aliphatic rings. The van der Waals surface area contributed by atoms with Crippen molar-refractivity contribution in [3.63, 3.8) is 0 Å². The molecule has 0 aliphatic carbocycles. The van der Waals surface area contributed by atoms with Gasteiger partial charge in [0.2, 0.25) is 0 Å². The van der Waals surface area contributed by atoms with Gasteiger partial charge in [-0.05, 0) is 37.6 Å². The predicted molar refractivity (Wildman–Crippen MR) is 62.7 cm³/mol. The second-order valence-corrected chi connectivity index (χ2v) is 3.57. The average molecular weight is 204 g/mol. The fourth-order valence-electron chi connectivity index (χ4n) is 1.17. The Bertz CT molecular complexity index is 385. The zero-order chi connectivity index (χ0) is 11.4. The van der Waals surface area contributed by atoms with Gasteiger partial charge in [0.1, 0.15) is 0 Å². The van der Waals surface area contributed by atoms with Gasteiger partial charge in [0.25, 0.3) is 5.91 Å². The summed E-state index contributed by atoms with van der Waals surface area (Å²) in [5, 5.41) is 2.79. The highest BCUT2D eigenvalue weighted by molar-refractivity contribution is 5.95. The Labute approximate surface area is 90.0 Å². The quantitative estimate of drug-likeness (QED) is 0.583. The van der Waals surface area contributed by atoms with Gasteiger partial charge < -0.3 is 11.1 Å². The lowest BCUT2D eigenvalue weighted by Crippen LogP contribution is -2.30. The zero-order valence-corrected chi connectivity index (χ0v) is 9.08. The van der Waals surface area contributed by atoms with E-state index in [-0.39, 0.29) is 11.9 Å². The molecule has 0 heterocycles. The molecule has 1 aromatic carbocycles. The van der Waals surface area contributed by atoms with E-state index in [1.807, 2.05) is 13.8 Å². The van der Waals surface area contributed by atoms with Crippen LogP contribution in [0.3, 0.4) is 0 Å². The molecule has 1 unspecified atom stereocenters. The number of amides is 1. The zero-order valence-electron chi connectivity index (χ0n) is 9.08. The van der Waals surface area contributed by atoms with Crippen LogP contribution in [0.4, 0.5) is 5.69 Å². The molecule has 3 heteroatoms. The first-order valence-electron chi connectivity index (χ1n) is 4.84. The van der Waals surface area contributed by atoms with Gasteiger partial charge in [-0.1, -0.05) is 6.08 Å². The molecule has 0 saturated carbocycles. The Hall–Kier alpha value is -1.77. The normalized spacial score (nSPS) is 11.9. The standard InChI is InChI=1S/C12H16N2O/c1-4-9(3)14-12(15)10-5-6-11(13)8(2)7-10/h4-7,9H,1,13H2,2-3H3,(H,14,15). The number of aryl methyl sites for hydroxylation is 1. The molecule has 15 heavy (non-hydrogen) atoms. The second-order valence-electron chi connectivity index (χ2n) is 3.57. The summed E-state index contributed by atoms with van der Waals surface area (Å²) in [7, 11) is 0. The lowest BCUT2D eigenvalue weighted by Gasteiger charge is -2.10. The van der Waals surface area contributed by atoms with E-state index in [1.165, 1.54) is 0 Å². The van der Waals surface area contributed by atoms with E-state index in [2.05, 4.69) is 11.9 Å². The van der Waals surface area contributed by atoms with Crippen molar-refractivity contribution in [1.29, 1.82) is 0 Å². The summed E-state index contributed by atoms with van der Waals surface area (Å²) in [6.45, 7) is 7.35. The molecular formula is C12H16N2O. The second kappa shape index (κ2) is 4.64. The van der Waals surface area contributed by atoms with Crippen molar-refractivity contribution < 1.29 is 4.79 Å². The fraction of sp³-hybridized carbons (Fsp3) is 0.250. The molecular weight excluding hydrogens is 188 g/mol. The number of nitrogen functional groups attached to an aromatic ring is 1. The van der Waals surface area contributed by atoms with Crippen molar-refractivity contribution >= 4 is 11.6 Å². The molecule has 3 N–H and O–H groups in total. The molecule has 0 aliphatic heterocycles. The third-order valence-corrected chi connectivity index (χ3v) is 2.24. The van der Waals surface area contributed by atoms with Crippen molar-refractivity contribution in [2.24, 2.45) is 0 Å². The Kier molecular flexibility index (Phi) is 3.50. The highest BCUT2D eigenvalue weighted by Gasteiger charge is 2.07. The highest BCUT2D eigenvalue weighted by atomic mass is 16.1. The first kappa shape index (κ1) is 11.3. The number of rotatable bonds is 3. The number of hydrogen-bond acceptors (Lipinski definition) is 2. The van der Waals surface area contributed by atoms with E-state index in [9.17, 15) is 4.79 Å². The SMILES string of the molecule is C=CC(C)NC(=O)c1ccc(N)c(C)c1. The van der Waals surface area contributed by atoms with E-state index in [0.29, 0.717) is 11.3 Å². The van der Waals surface area contributed by atoms with Gasteiger partial charge in [-0.25, -0.2) is 0 Å². The van der Waals surface area contributed by atoms with Gasteiger partial charge in [0.15, 0.2) is 0 Å². The van der Waals surface area contributed by atoms with Gasteiger partial charge in [0, 0.05) is 17.3 Å². The summed E-state index contributed by atoms with van der Waals surface area (Å²) in [5.74, 6) is -0.106. The number of benzene rings is 1. The summed E-state index contributed by atoms with van der Waals surface area (Å²) in [6, 6.07) is 5.20. The molecule has 1 atom stereocenters. The predicted octanol–water partition coefficient (Wildman–Crippen LogP) is 1.88. The molecule has 0 spiro atoms. The number of carbonyl (C=O) groups is 1. The third kappa shape index (κ3) is 2.84. The fourth-order valence-corrected chi connectivity index (χ4v) is 1.17. The number of nitrogens with two attached hydrogens (primary N) is 1. The molecule has 1 aromatic rings. The number of anilines is 1. The van der Waals surface area contributed by atoms with Gasteiger partial charge >= 0.3 is 0 Å². The van der Waals surface area contributed by atoms with Crippen LogP contribution in [0, 0.1) is 6.92 Å². The lowest BCUT2D eigenvalue weighted by molar-refractivity contribution is 0.0947. The molecule has 0 aromatic heterocycles. The van der Waals surface area contributed by atoms with E-state index >= 15 is 0 Å². The van der Waals surface area contributed by atoms with Gasteiger partial charge in [-0.3, -0.25) is 4.79 Å². The molecule has 3 nitrogen and oxygen atoms in total. The maximum atomic E-state index is 11.7. The van der Waals surface area contributed by atoms with E-state index in [4.69, 9.17) is 5.73 Å². The molecule has 0 saturated heterocycles. The minimum absolute atomic E-state index is 0.0321. The van der Waals surface area contributed by atoms with Crippen LogP contribution in [-0.2, 0) is 0 Å². The Morgan fingerprint density at radius 1 is 1.60 bits per heavy atom. The maximum Gasteiger partial charge on any atom is 0.251 e. The number of nitrogens with one attached hydrogen (secondary N) is 1. The number of carbonyl (C=O) groups excluding carboxylic acids is 1. The van der Waals surface area contributed by atoms with E-state index in [0.717, 1.165) is 5.56 Å². The van der Waals surface area contributed by atoms with E-state index < -0.39 is 0 Å². The Morgan fingerprint density at radius 2 is 2.27 bits per heavy atom. The molecule has 80 valence electrons. The summed E-state index contributed by atoms with van der Waals surface area (Å²) < 4.78 is 0. The monoisotopic (exact) mass is 204 g/mol. The lowest BCUT2D eigenvalue weighted by atomic mass is 10.1. The van der Waals surface area contributed by atoms with E-state index in [1.54, 1.807) is 24.3 Å². The van der Waals surface area contributed by atoms with Gasteiger partial charge in [-0.15, -0.1) is 6.58 Å². The van der Waals surface area contributed by atoms with Crippen molar-refractivity contribution in [2.75, 3.05) is 5.73 Å². The van der Waals surface area contributed by atoms with Crippen LogP contribution in [0.2, 0.25) is 0 Å².